The molecule has 0 aliphatic heterocycles. The SMILES string of the molecule is CCC(N)c1ncc(-c2cc(Br)ccc2F)[nH]1. The van der Waals surface area contributed by atoms with Crippen LogP contribution in [0.2, 0.25) is 0 Å². The van der Waals surface area contributed by atoms with Crippen LogP contribution in [0.3, 0.4) is 0 Å². The predicted molar refractivity (Wildman–Crippen MR) is 68.9 cm³/mol. The number of rotatable bonds is 3. The molecule has 3 N–H and O–H groups in total. The summed E-state index contributed by atoms with van der Waals surface area (Å²) in [6, 6.07) is 4.65. The number of hydrogen-bond acceptors (Lipinski definition) is 2. The molecule has 1 unspecified atom stereocenters. The monoisotopic (exact) mass is 297 g/mol. The summed E-state index contributed by atoms with van der Waals surface area (Å²) in [5.41, 5.74) is 6.99. The van der Waals surface area contributed by atoms with Crippen LogP contribution in [0.5, 0.6) is 0 Å². The first-order chi connectivity index (χ1) is 8.11. The largest absolute Gasteiger partial charge is 0.341 e. The predicted octanol–water partition coefficient (Wildman–Crippen LogP) is 3.39. The Morgan fingerprint density at radius 2 is 2.29 bits per heavy atom. The Morgan fingerprint density at radius 3 is 3.00 bits per heavy atom. The van der Waals surface area contributed by atoms with Gasteiger partial charge in [0.15, 0.2) is 0 Å². The molecule has 90 valence electrons. The van der Waals surface area contributed by atoms with Gasteiger partial charge in [-0.2, -0.15) is 0 Å². The van der Waals surface area contributed by atoms with Crippen molar-refractivity contribution in [2.24, 2.45) is 5.73 Å². The topological polar surface area (TPSA) is 54.7 Å². The summed E-state index contributed by atoms with van der Waals surface area (Å²) >= 11 is 3.32. The highest BCUT2D eigenvalue weighted by molar-refractivity contribution is 9.10. The molecule has 17 heavy (non-hydrogen) atoms. The molecule has 3 nitrogen and oxygen atoms in total. The van der Waals surface area contributed by atoms with Crippen LogP contribution in [-0.2, 0) is 0 Å². The van der Waals surface area contributed by atoms with Crippen molar-refractivity contribution in [3.05, 3.63) is 40.5 Å². The Labute approximate surface area is 107 Å². The smallest absolute Gasteiger partial charge is 0.132 e. The van der Waals surface area contributed by atoms with Crippen LogP contribution in [0.15, 0.2) is 28.9 Å². The Morgan fingerprint density at radius 1 is 1.53 bits per heavy atom. The first-order valence-corrected chi connectivity index (χ1v) is 6.17. The van der Waals surface area contributed by atoms with Crippen molar-refractivity contribution in [2.45, 2.75) is 19.4 Å². The second-order valence-corrected chi connectivity index (χ2v) is 4.74. The zero-order chi connectivity index (χ0) is 12.4. The van der Waals surface area contributed by atoms with E-state index in [0.717, 1.165) is 10.9 Å². The van der Waals surface area contributed by atoms with E-state index in [1.54, 1.807) is 18.3 Å². The van der Waals surface area contributed by atoms with Crippen LogP contribution >= 0.6 is 15.9 Å². The van der Waals surface area contributed by atoms with Gasteiger partial charge in [-0.15, -0.1) is 0 Å². The molecule has 5 heteroatoms. The summed E-state index contributed by atoms with van der Waals surface area (Å²) in [5.74, 6) is 0.398. The van der Waals surface area contributed by atoms with E-state index >= 15 is 0 Å². The van der Waals surface area contributed by atoms with Crippen molar-refractivity contribution >= 4 is 15.9 Å². The normalized spacial score (nSPS) is 12.7. The Kier molecular flexibility index (Phi) is 3.59. The zero-order valence-electron chi connectivity index (χ0n) is 9.37. The average molecular weight is 298 g/mol. The molecule has 0 fully saturated rings. The van der Waals surface area contributed by atoms with E-state index < -0.39 is 0 Å². The highest BCUT2D eigenvalue weighted by Crippen LogP contribution is 2.25. The highest BCUT2D eigenvalue weighted by atomic mass is 79.9. The number of nitrogens with two attached hydrogens (primary N) is 1. The van der Waals surface area contributed by atoms with E-state index in [1.165, 1.54) is 6.07 Å². The number of aromatic amines is 1. The van der Waals surface area contributed by atoms with Crippen LogP contribution in [0.25, 0.3) is 11.3 Å². The van der Waals surface area contributed by atoms with Crippen LogP contribution in [0.4, 0.5) is 4.39 Å². The molecule has 0 radical (unpaired) electrons. The minimum atomic E-state index is -0.284. The van der Waals surface area contributed by atoms with E-state index in [-0.39, 0.29) is 11.9 Å². The lowest BCUT2D eigenvalue weighted by Crippen LogP contribution is -2.10. The minimum absolute atomic E-state index is 0.140. The third kappa shape index (κ3) is 2.56. The number of nitrogens with zero attached hydrogens (tertiary/aromatic N) is 1. The maximum Gasteiger partial charge on any atom is 0.132 e. The lowest BCUT2D eigenvalue weighted by Gasteiger charge is -2.04. The summed E-state index contributed by atoms with van der Waals surface area (Å²) in [7, 11) is 0. The molecule has 1 atom stereocenters. The maximum atomic E-state index is 13.6. The first kappa shape index (κ1) is 12.3. The number of imidazole rings is 1. The molecular weight excluding hydrogens is 285 g/mol. The van der Waals surface area contributed by atoms with Crippen LogP contribution in [0, 0.1) is 5.82 Å². The second kappa shape index (κ2) is 4.98. The molecule has 0 saturated heterocycles. The van der Waals surface area contributed by atoms with Crippen molar-refractivity contribution < 1.29 is 4.39 Å². The summed E-state index contributed by atoms with van der Waals surface area (Å²) in [6.07, 6.45) is 2.39. The van der Waals surface area contributed by atoms with Gasteiger partial charge in [-0.3, -0.25) is 0 Å². The number of halogens is 2. The van der Waals surface area contributed by atoms with Gasteiger partial charge in [-0.05, 0) is 24.6 Å². The molecule has 1 heterocycles. The second-order valence-electron chi connectivity index (χ2n) is 3.82. The lowest BCUT2D eigenvalue weighted by molar-refractivity contribution is 0.630. The van der Waals surface area contributed by atoms with Crippen molar-refractivity contribution in [1.82, 2.24) is 9.97 Å². The van der Waals surface area contributed by atoms with Crippen molar-refractivity contribution in [3.63, 3.8) is 0 Å². The molecular formula is C12H13BrFN3. The molecule has 0 spiro atoms. The van der Waals surface area contributed by atoms with Gasteiger partial charge < -0.3 is 10.7 Å². The fraction of sp³-hybridized carbons (Fsp3) is 0.250. The van der Waals surface area contributed by atoms with E-state index in [4.69, 9.17) is 5.73 Å². The van der Waals surface area contributed by atoms with Crippen molar-refractivity contribution in [2.75, 3.05) is 0 Å². The summed E-state index contributed by atoms with van der Waals surface area (Å²) in [5, 5.41) is 0. The third-order valence-corrected chi connectivity index (χ3v) is 3.10. The van der Waals surface area contributed by atoms with Gasteiger partial charge >= 0.3 is 0 Å². The number of aromatic nitrogens is 2. The fourth-order valence-electron chi connectivity index (χ4n) is 1.56. The van der Waals surface area contributed by atoms with Crippen LogP contribution in [0.1, 0.15) is 25.2 Å². The maximum absolute atomic E-state index is 13.6. The molecule has 0 aliphatic rings. The van der Waals surface area contributed by atoms with Crippen LogP contribution < -0.4 is 5.73 Å². The summed E-state index contributed by atoms with van der Waals surface area (Å²) in [4.78, 5) is 7.22. The molecule has 2 aromatic rings. The molecule has 0 bridgehead atoms. The van der Waals surface area contributed by atoms with Gasteiger partial charge in [0.05, 0.1) is 17.9 Å². The number of H-pyrrole nitrogens is 1. The quantitative estimate of drug-likeness (QED) is 0.912. The van der Waals surface area contributed by atoms with E-state index in [2.05, 4.69) is 25.9 Å². The standard InChI is InChI=1S/C12H13BrFN3/c1-2-10(15)12-16-6-11(17-12)8-5-7(13)3-4-9(8)14/h3-6,10H,2,15H2,1H3,(H,16,17). The number of benzene rings is 1. The zero-order valence-corrected chi connectivity index (χ0v) is 11.0. The van der Waals surface area contributed by atoms with Crippen molar-refractivity contribution in [3.8, 4) is 11.3 Å². The Hall–Kier alpha value is -1.20. The van der Waals surface area contributed by atoms with Gasteiger partial charge in [-0.25, -0.2) is 9.37 Å². The van der Waals surface area contributed by atoms with Crippen molar-refractivity contribution in [1.29, 1.82) is 0 Å². The molecule has 0 aliphatic carbocycles. The molecule has 2 rings (SSSR count). The highest BCUT2D eigenvalue weighted by Gasteiger charge is 2.12. The molecule has 1 aromatic carbocycles. The van der Waals surface area contributed by atoms with Gasteiger partial charge in [0, 0.05) is 10.0 Å². The number of hydrogen-bond donors (Lipinski definition) is 2. The third-order valence-electron chi connectivity index (χ3n) is 2.61. The summed E-state index contributed by atoms with van der Waals surface area (Å²) < 4.78 is 14.5. The number of nitrogens with one attached hydrogen (secondary N) is 1. The van der Waals surface area contributed by atoms with E-state index in [9.17, 15) is 4.39 Å². The van der Waals surface area contributed by atoms with Gasteiger partial charge in [0.1, 0.15) is 11.6 Å². The lowest BCUT2D eigenvalue weighted by atomic mass is 10.1. The van der Waals surface area contributed by atoms with Gasteiger partial charge in [0.2, 0.25) is 0 Å². The van der Waals surface area contributed by atoms with Gasteiger partial charge in [-0.1, -0.05) is 22.9 Å². The Bertz CT molecular complexity index is 524. The van der Waals surface area contributed by atoms with E-state index in [1.807, 2.05) is 6.92 Å². The Balaban J connectivity index is 2.40. The average Bonchev–Trinajstić information content (AvgIpc) is 2.80. The van der Waals surface area contributed by atoms with Gasteiger partial charge in [0.25, 0.3) is 0 Å². The van der Waals surface area contributed by atoms with E-state index in [0.29, 0.717) is 17.1 Å². The molecule has 1 aromatic heterocycles. The summed E-state index contributed by atoms with van der Waals surface area (Å²) in [6.45, 7) is 1.98. The van der Waals surface area contributed by atoms with Crippen LogP contribution in [-0.4, -0.2) is 9.97 Å². The minimum Gasteiger partial charge on any atom is -0.341 e. The fourth-order valence-corrected chi connectivity index (χ4v) is 1.92. The molecule has 0 amide bonds. The first-order valence-electron chi connectivity index (χ1n) is 5.37. The molecule has 0 saturated carbocycles.